The molecule has 3 aromatic carbocycles. The number of urea groups is 1. The number of ether oxygens (including phenoxy) is 1. The predicted molar refractivity (Wildman–Crippen MR) is 154 cm³/mol. The van der Waals surface area contributed by atoms with Crippen LogP contribution in [0.5, 0.6) is 5.75 Å². The van der Waals surface area contributed by atoms with Gasteiger partial charge in [-0.25, -0.2) is 14.1 Å². The fraction of sp³-hybridized carbons (Fsp3) is 0.0800. The van der Waals surface area contributed by atoms with Crippen molar-refractivity contribution in [1.82, 2.24) is 10.2 Å². The van der Waals surface area contributed by atoms with E-state index in [-0.39, 0.29) is 11.4 Å². The third-order valence-electron chi connectivity index (χ3n) is 5.04. The monoisotopic (exact) mass is 775 g/mol. The number of benzene rings is 3. The molecular formula is C25H17BrFI2N3O4. The molecule has 1 saturated heterocycles. The van der Waals surface area contributed by atoms with Crippen LogP contribution >= 0.6 is 61.1 Å². The van der Waals surface area contributed by atoms with E-state index in [4.69, 9.17) is 4.74 Å². The smallest absolute Gasteiger partial charge is 0.329 e. The third kappa shape index (κ3) is 6.42. The standard InChI is InChI=1S/C25H17BrFI2N3O4/c26-16-7-5-14(6-8-16)13-36-23-18(28)9-15(10-19(23)29)11-21-24(34)32(25(35)31-21)12-22(33)30-20-4-2-1-3-17(20)27/h1-11H,12-13H2,(H,30,33)(H,31,35)/b21-11+. The summed E-state index contributed by atoms with van der Waals surface area (Å²) in [5, 5.41) is 4.86. The van der Waals surface area contributed by atoms with Crippen LogP contribution in [0.4, 0.5) is 14.9 Å². The maximum absolute atomic E-state index is 13.8. The molecule has 3 aromatic rings. The van der Waals surface area contributed by atoms with Crippen molar-refractivity contribution in [3.63, 3.8) is 0 Å². The van der Waals surface area contributed by atoms with Crippen LogP contribution in [0.1, 0.15) is 11.1 Å². The highest BCUT2D eigenvalue weighted by Crippen LogP contribution is 2.31. The number of carbonyl (C=O) groups is 3. The number of para-hydroxylation sites is 1. The second-order valence-electron chi connectivity index (χ2n) is 7.64. The number of nitrogens with zero attached hydrogens (tertiary/aromatic N) is 1. The zero-order valence-corrected chi connectivity index (χ0v) is 24.3. The Morgan fingerprint density at radius 2 is 1.75 bits per heavy atom. The van der Waals surface area contributed by atoms with Crippen LogP contribution in [0.3, 0.4) is 0 Å². The number of nitrogens with one attached hydrogen (secondary N) is 2. The summed E-state index contributed by atoms with van der Waals surface area (Å²) in [6, 6.07) is 16.4. The molecule has 1 heterocycles. The summed E-state index contributed by atoms with van der Waals surface area (Å²) in [5.74, 6) is -1.24. The molecule has 184 valence electrons. The topological polar surface area (TPSA) is 87.7 Å². The molecule has 7 nitrogen and oxygen atoms in total. The van der Waals surface area contributed by atoms with E-state index in [9.17, 15) is 18.8 Å². The molecule has 0 unspecified atom stereocenters. The van der Waals surface area contributed by atoms with Gasteiger partial charge in [0.1, 0.15) is 30.4 Å². The minimum Gasteiger partial charge on any atom is -0.487 e. The van der Waals surface area contributed by atoms with Gasteiger partial charge in [-0.1, -0.05) is 40.2 Å². The van der Waals surface area contributed by atoms with Gasteiger partial charge in [-0.2, -0.15) is 0 Å². The molecule has 1 fully saturated rings. The van der Waals surface area contributed by atoms with E-state index in [1.165, 1.54) is 24.3 Å². The van der Waals surface area contributed by atoms with Crippen LogP contribution in [0.2, 0.25) is 0 Å². The molecule has 0 spiro atoms. The average Bonchev–Trinajstić information content (AvgIpc) is 3.08. The van der Waals surface area contributed by atoms with Gasteiger partial charge in [0.2, 0.25) is 5.91 Å². The Morgan fingerprint density at radius 1 is 1.08 bits per heavy atom. The van der Waals surface area contributed by atoms with Gasteiger partial charge < -0.3 is 15.4 Å². The van der Waals surface area contributed by atoms with Crippen molar-refractivity contribution in [2.75, 3.05) is 11.9 Å². The Bertz CT molecular complexity index is 1360. The van der Waals surface area contributed by atoms with Gasteiger partial charge >= 0.3 is 6.03 Å². The lowest BCUT2D eigenvalue weighted by Crippen LogP contribution is -2.38. The third-order valence-corrected chi connectivity index (χ3v) is 7.17. The first-order chi connectivity index (χ1) is 17.2. The molecule has 36 heavy (non-hydrogen) atoms. The second-order valence-corrected chi connectivity index (χ2v) is 10.9. The van der Waals surface area contributed by atoms with Gasteiger partial charge in [0.05, 0.1) is 12.8 Å². The van der Waals surface area contributed by atoms with Gasteiger partial charge in [-0.3, -0.25) is 9.59 Å². The molecule has 4 rings (SSSR count). The van der Waals surface area contributed by atoms with Crippen molar-refractivity contribution >= 4 is 90.7 Å². The largest absolute Gasteiger partial charge is 0.487 e. The van der Waals surface area contributed by atoms with Crippen molar-refractivity contribution < 1.29 is 23.5 Å². The second kappa shape index (κ2) is 11.7. The summed E-state index contributed by atoms with van der Waals surface area (Å²) in [6.07, 6.45) is 1.54. The van der Waals surface area contributed by atoms with Crippen LogP contribution in [0.25, 0.3) is 6.08 Å². The molecule has 0 atom stereocenters. The normalized spacial score (nSPS) is 14.2. The molecule has 0 radical (unpaired) electrons. The van der Waals surface area contributed by atoms with Crippen LogP contribution in [0.15, 0.2) is 70.8 Å². The lowest BCUT2D eigenvalue weighted by molar-refractivity contribution is -0.127. The molecule has 1 aliphatic rings. The lowest BCUT2D eigenvalue weighted by atomic mass is 10.2. The van der Waals surface area contributed by atoms with E-state index in [0.29, 0.717) is 12.2 Å². The van der Waals surface area contributed by atoms with E-state index in [0.717, 1.165) is 27.8 Å². The number of hydrogen-bond donors (Lipinski definition) is 2. The van der Waals surface area contributed by atoms with Gasteiger partial charge in [-0.05, 0) is 98.8 Å². The van der Waals surface area contributed by atoms with Crippen molar-refractivity contribution in [2.45, 2.75) is 6.61 Å². The van der Waals surface area contributed by atoms with Gasteiger partial charge in [0.15, 0.2) is 0 Å². The molecule has 2 N–H and O–H groups in total. The quantitative estimate of drug-likeness (QED) is 0.178. The molecule has 1 aliphatic heterocycles. The summed E-state index contributed by atoms with van der Waals surface area (Å²) in [5.41, 5.74) is 1.71. The Hall–Kier alpha value is -2.52. The van der Waals surface area contributed by atoms with Gasteiger partial charge in [0, 0.05) is 4.47 Å². The number of rotatable bonds is 7. The average molecular weight is 776 g/mol. The highest BCUT2D eigenvalue weighted by atomic mass is 127. The van der Waals surface area contributed by atoms with E-state index in [2.05, 4.69) is 71.7 Å². The summed E-state index contributed by atoms with van der Waals surface area (Å²) < 4.78 is 22.4. The summed E-state index contributed by atoms with van der Waals surface area (Å²) in [6.45, 7) is -0.146. The SMILES string of the molecule is O=C(CN1C(=O)N/C(=C/c2cc(I)c(OCc3ccc(Br)cc3)c(I)c2)C1=O)Nc1ccccc1F. The van der Waals surface area contributed by atoms with Crippen molar-refractivity contribution in [1.29, 1.82) is 0 Å². The number of hydrogen-bond acceptors (Lipinski definition) is 4. The van der Waals surface area contributed by atoms with Crippen LogP contribution in [-0.2, 0) is 16.2 Å². The van der Waals surface area contributed by atoms with E-state index in [1.54, 1.807) is 6.07 Å². The first kappa shape index (κ1) is 26.5. The summed E-state index contributed by atoms with van der Waals surface area (Å²) in [7, 11) is 0. The summed E-state index contributed by atoms with van der Waals surface area (Å²) in [4.78, 5) is 38.2. The maximum Gasteiger partial charge on any atom is 0.329 e. The van der Waals surface area contributed by atoms with Crippen molar-refractivity contribution in [2.24, 2.45) is 0 Å². The molecule has 11 heteroatoms. The Balaban J connectivity index is 1.44. The molecule has 0 saturated carbocycles. The number of halogens is 4. The molecular weight excluding hydrogens is 759 g/mol. The first-order valence-corrected chi connectivity index (χ1v) is 13.4. The number of carbonyl (C=O) groups excluding carboxylic acids is 3. The van der Waals surface area contributed by atoms with E-state index in [1.807, 2.05) is 36.4 Å². The van der Waals surface area contributed by atoms with Crippen LogP contribution in [-0.4, -0.2) is 29.3 Å². The van der Waals surface area contributed by atoms with Crippen LogP contribution < -0.4 is 15.4 Å². The Labute approximate surface area is 241 Å². The highest BCUT2D eigenvalue weighted by molar-refractivity contribution is 14.1. The van der Waals surface area contributed by atoms with Crippen molar-refractivity contribution in [3.05, 3.63) is 94.9 Å². The zero-order chi connectivity index (χ0) is 25.8. The molecule has 0 aliphatic carbocycles. The maximum atomic E-state index is 13.8. The molecule has 0 bridgehead atoms. The number of imide groups is 1. The fourth-order valence-corrected chi connectivity index (χ4v) is 5.71. The van der Waals surface area contributed by atoms with Crippen molar-refractivity contribution in [3.8, 4) is 5.75 Å². The molecule has 4 amide bonds. The minimum atomic E-state index is -0.728. The Morgan fingerprint density at radius 3 is 2.42 bits per heavy atom. The summed E-state index contributed by atoms with van der Waals surface area (Å²) >= 11 is 7.72. The zero-order valence-electron chi connectivity index (χ0n) is 18.4. The first-order valence-electron chi connectivity index (χ1n) is 10.5. The number of amides is 4. The van der Waals surface area contributed by atoms with Gasteiger partial charge in [0.25, 0.3) is 5.91 Å². The predicted octanol–water partition coefficient (Wildman–Crippen LogP) is 5.91. The minimum absolute atomic E-state index is 0.0306. The van der Waals surface area contributed by atoms with Gasteiger partial charge in [-0.15, -0.1) is 0 Å². The molecule has 0 aromatic heterocycles. The van der Waals surface area contributed by atoms with E-state index < -0.39 is 30.2 Å². The number of anilines is 1. The lowest BCUT2D eigenvalue weighted by Gasteiger charge is -2.12. The Kier molecular flexibility index (Phi) is 8.62. The fourth-order valence-electron chi connectivity index (χ4n) is 3.31. The van der Waals surface area contributed by atoms with E-state index >= 15 is 0 Å². The van der Waals surface area contributed by atoms with Crippen LogP contribution in [0, 0.1) is 13.0 Å². The highest BCUT2D eigenvalue weighted by Gasteiger charge is 2.35.